The minimum atomic E-state index is -0.218. The highest BCUT2D eigenvalue weighted by atomic mass is 19.1. The van der Waals surface area contributed by atoms with Crippen LogP contribution in [0.25, 0.3) is 10.9 Å². The number of hydrogen-bond acceptors (Lipinski definition) is 2. The van der Waals surface area contributed by atoms with E-state index in [0.717, 1.165) is 36.0 Å². The van der Waals surface area contributed by atoms with Gasteiger partial charge in [0.15, 0.2) is 0 Å². The summed E-state index contributed by atoms with van der Waals surface area (Å²) < 4.78 is 15.0. The maximum atomic E-state index is 13.2. The van der Waals surface area contributed by atoms with E-state index in [4.69, 9.17) is 5.73 Å². The molecule has 1 heterocycles. The summed E-state index contributed by atoms with van der Waals surface area (Å²) in [5.74, 6) is -0.218. The third-order valence-electron chi connectivity index (χ3n) is 2.70. The Morgan fingerprint density at radius 3 is 2.94 bits per heavy atom. The van der Waals surface area contributed by atoms with Crippen LogP contribution in [0.4, 0.5) is 4.39 Å². The summed E-state index contributed by atoms with van der Waals surface area (Å²) in [5.41, 5.74) is 7.36. The van der Waals surface area contributed by atoms with E-state index in [1.165, 1.54) is 12.1 Å². The first-order chi connectivity index (χ1) is 7.76. The first kappa shape index (κ1) is 11.1. The van der Waals surface area contributed by atoms with Gasteiger partial charge in [-0.15, -0.1) is 0 Å². The number of aryl methyl sites for hydroxylation is 2. The predicted octanol–water partition coefficient (Wildman–Crippen LogP) is 2.09. The van der Waals surface area contributed by atoms with Gasteiger partial charge in [-0.2, -0.15) is 5.10 Å². The zero-order chi connectivity index (χ0) is 11.5. The second-order valence-electron chi connectivity index (χ2n) is 3.83. The van der Waals surface area contributed by atoms with Crippen molar-refractivity contribution in [3.8, 4) is 0 Å². The number of rotatable bonds is 4. The topological polar surface area (TPSA) is 43.8 Å². The zero-order valence-electron chi connectivity index (χ0n) is 9.41. The second kappa shape index (κ2) is 4.61. The molecule has 0 saturated carbocycles. The lowest BCUT2D eigenvalue weighted by Crippen LogP contribution is -2.07. The minimum Gasteiger partial charge on any atom is -0.330 e. The summed E-state index contributed by atoms with van der Waals surface area (Å²) in [7, 11) is 0. The lowest BCUT2D eigenvalue weighted by molar-refractivity contribution is 0.591. The average Bonchev–Trinajstić information content (AvgIpc) is 2.64. The Balaban J connectivity index is 2.50. The largest absolute Gasteiger partial charge is 0.330 e. The van der Waals surface area contributed by atoms with Crippen molar-refractivity contribution in [3.05, 3.63) is 29.7 Å². The third kappa shape index (κ3) is 1.93. The van der Waals surface area contributed by atoms with E-state index in [-0.39, 0.29) is 5.82 Å². The lowest BCUT2D eigenvalue weighted by atomic mass is 10.2. The molecule has 2 rings (SSSR count). The standard InChI is InChI=1S/C12H16FN3/c1-2-11-10-5-4-9(13)8-12(10)16(15-11)7-3-6-14/h4-5,8H,2-3,6-7,14H2,1H3. The van der Waals surface area contributed by atoms with E-state index in [1.54, 1.807) is 6.07 Å². The molecule has 0 bridgehead atoms. The fraction of sp³-hybridized carbons (Fsp3) is 0.417. The van der Waals surface area contributed by atoms with Crippen LogP contribution in [0.1, 0.15) is 19.0 Å². The van der Waals surface area contributed by atoms with Crippen LogP contribution in [0.5, 0.6) is 0 Å². The molecule has 0 saturated heterocycles. The maximum absolute atomic E-state index is 13.2. The number of fused-ring (bicyclic) bond motifs is 1. The quantitative estimate of drug-likeness (QED) is 0.859. The molecule has 0 fully saturated rings. The lowest BCUT2D eigenvalue weighted by Gasteiger charge is -2.01. The van der Waals surface area contributed by atoms with Crippen molar-refractivity contribution in [3.63, 3.8) is 0 Å². The smallest absolute Gasteiger partial charge is 0.125 e. The molecule has 0 aliphatic heterocycles. The Hall–Kier alpha value is -1.42. The Morgan fingerprint density at radius 2 is 2.25 bits per heavy atom. The summed E-state index contributed by atoms with van der Waals surface area (Å²) in [4.78, 5) is 0. The van der Waals surface area contributed by atoms with Gasteiger partial charge in [0.1, 0.15) is 5.82 Å². The van der Waals surface area contributed by atoms with Crippen LogP contribution >= 0.6 is 0 Å². The van der Waals surface area contributed by atoms with E-state index < -0.39 is 0 Å². The van der Waals surface area contributed by atoms with Gasteiger partial charge in [-0.3, -0.25) is 4.68 Å². The van der Waals surface area contributed by atoms with Crippen molar-refractivity contribution in [2.45, 2.75) is 26.3 Å². The van der Waals surface area contributed by atoms with Crippen LogP contribution in [-0.4, -0.2) is 16.3 Å². The first-order valence-corrected chi connectivity index (χ1v) is 5.61. The van der Waals surface area contributed by atoms with Gasteiger partial charge in [-0.05, 0) is 37.6 Å². The molecule has 0 spiro atoms. The molecule has 0 aliphatic rings. The Morgan fingerprint density at radius 1 is 1.44 bits per heavy atom. The van der Waals surface area contributed by atoms with Crippen molar-refractivity contribution >= 4 is 10.9 Å². The molecular formula is C12H16FN3. The Labute approximate surface area is 94.1 Å². The molecule has 86 valence electrons. The van der Waals surface area contributed by atoms with E-state index in [2.05, 4.69) is 12.0 Å². The molecule has 2 aromatic rings. The van der Waals surface area contributed by atoms with Gasteiger partial charge in [0.05, 0.1) is 11.2 Å². The van der Waals surface area contributed by atoms with Crippen LogP contribution in [0.3, 0.4) is 0 Å². The van der Waals surface area contributed by atoms with Gasteiger partial charge in [-0.25, -0.2) is 4.39 Å². The average molecular weight is 221 g/mol. The molecule has 2 N–H and O–H groups in total. The summed E-state index contributed by atoms with van der Waals surface area (Å²) in [6.45, 7) is 3.42. The van der Waals surface area contributed by atoms with E-state index in [9.17, 15) is 4.39 Å². The highest BCUT2D eigenvalue weighted by Crippen LogP contribution is 2.20. The molecule has 0 radical (unpaired) electrons. The SMILES string of the molecule is CCc1nn(CCCN)c2cc(F)ccc12. The van der Waals surface area contributed by atoms with Crippen LogP contribution < -0.4 is 5.73 Å². The van der Waals surface area contributed by atoms with Crippen molar-refractivity contribution in [2.24, 2.45) is 5.73 Å². The summed E-state index contributed by atoms with van der Waals surface area (Å²) >= 11 is 0. The Kier molecular flexibility index (Phi) is 3.19. The number of nitrogens with two attached hydrogens (primary N) is 1. The molecule has 3 nitrogen and oxygen atoms in total. The fourth-order valence-corrected chi connectivity index (χ4v) is 1.89. The van der Waals surface area contributed by atoms with E-state index >= 15 is 0 Å². The van der Waals surface area contributed by atoms with Crippen LogP contribution in [0.15, 0.2) is 18.2 Å². The molecular weight excluding hydrogens is 205 g/mol. The molecule has 0 aliphatic carbocycles. The third-order valence-corrected chi connectivity index (χ3v) is 2.70. The molecule has 0 amide bonds. The van der Waals surface area contributed by atoms with Crippen LogP contribution in [-0.2, 0) is 13.0 Å². The van der Waals surface area contributed by atoms with Gasteiger partial charge in [-0.1, -0.05) is 6.92 Å². The zero-order valence-corrected chi connectivity index (χ0v) is 9.41. The highest BCUT2D eigenvalue weighted by Gasteiger charge is 2.09. The van der Waals surface area contributed by atoms with E-state index in [0.29, 0.717) is 6.54 Å². The van der Waals surface area contributed by atoms with Gasteiger partial charge in [0, 0.05) is 11.9 Å². The normalized spacial score (nSPS) is 11.2. The van der Waals surface area contributed by atoms with Crippen molar-refractivity contribution in [1.29, 1.82) is 0 Å². The Bertz CT molecular complexity index is 490. The second-order valence-corrected chi connectivity index (χ2v) is 3.83. The van der Waals surface area contributed by atoms with Gasteiger partial charge >= 0.3 is 0 Å². The number of halogens is 1. The fourth-order valence-electron chi connectivity index (χ4n) is 1.89. The predicted molar refractivity (Wildman–Crippen MR) is 62.7 cm³/mol. The molecule has 4 heteroatoms. The molecule has 1 aromatic heterocycles. The monoisotopic (exact) mass is 221 g/mol. The van der Waals surface area contributed by atoms with Crippen molar-refractivity contribution in [2.75, 3.05) is 6.54 Å². The highest BCUT2D eigenvalue weighted by molar-refractivity contribution is 5.82. The summed E-state index contributed by atoms with van der Waals surface area (Å²) in [6, 6.07) is 4.82. The number of hydrogen-bond donors (Lipinski definition) is 1. The van der Waals surface area contributed by atoms with Crippen LogP contribution in [0.2, 0.25) is 0 Å². The van der Waals surface area contributed by atoms with Crippen molar-refractivity contribution < 1.29 is 4.39 Å². The van der Waals surface area contributed by atoms with Gasteiger partial charge in [0.25, 0.3) is 0 Å². The van der Waals surface area contributed by atoms with Gasteiger partial charge < -0.3 is 5.73 Å². The summed E-state index contributed by atoms with van der Waals surface area (Å²) in [5, 5.41) is 5.52. The maximum Gasteiger partial charge on any atom is 0.125 e. The number of benzene rings is 1. The first-order valence-electron chi connectivity index (χ1n) is 5.61. The number of nitrogens with zero attached hydrogens (tertiary/aromatic N) is 2. The summed E-state index contributed by atoms with van der Waals surface area (Å²) in [6.07, 6.45) is 1.72. The van der Waals surface area contributed by atoms with E-state index in [1.807, 2.05) is 4.68 Å². The number of aromatic nitrogens is 2. The molecule has 16 heavy (non-hydrogen) atoms. The molecule has 0 atom stereocenters. The molecule has 1 aromatic carbocycles. The minimum absolute atomic E-state index is 0.218. The van der Waals surface area contributed by atoms with Gasteiger partial charge in [0.2, 0.25) is 0 Å². The van der Waals surface area contributed by atoms with Crippen molar-refractivity contribution in [1.82, 2.24) is 9.78 Å². The molecule has 0 unspecified atom stereocenters. The van der Waals surface area contributed by atoms with Crippen LogP contribution in [0, 0.1) is 5.82 Å².